The molecule has 0 atom stereocenters. The van der Waals surface area contributed by atoms with E-state index >= 15 is 0 Å². The van der Waals surface area contributed by atoms with Crippen molar-refractivity contribution in [2.24, 2.45) is 0 Å². The second kappa shape index (κ2) is 6.32. The Morgan fingerprint density at radius 3 is 2.70 bits per heavy atom. The average Bonchev–Trinajstić information content (AvgIpc) is 3.07. The molecule has 6 heteroatoms. The molecule has 0 unspecified atom stereocenters. The smallest absolute Gasteiger partial charge is 0.255 e. The van der Waals surface area contributed by atoms with E-state index in [1.807, 2.05) is 24.3 Å². The van der Waals surface area contributed by atoms with Crippen molar-refractivity contribution in [1.82, 2.24) is 9.97 Å². The van der Waals surface area contributed by atoms with E-state index < -0.39 is 0 Å². The predicted octanol–water partition coefficient (Wildman–Crippen LogP) is 4.69. The molecule has 27 heavy (non-hydrogen) atoms. The third-order valence-corrected chi connectivity index (χ3v) is 5.29. The Balaban J connectivity index is 1.69. The van der Waals surface area contributed by atoms with Crippen molar-refractivity contribution in [1.29, 1.82) is 0 Å². The molecule has 0 radical (unpaired) electrons. The SMILES string of the molecule is CC(C)(C)c1cc(=O)[nH]c2cc(NC(=O)c3ccc4ncsc4c3)ccc12. The summed E-state index contributed by atoms with van der Waals surface area (Å²) >= 11 is 1.50. The molecule has 0 aliphatic heterocycles. The molecule has 2 aromatic carbocycles. The van der Waals surface area contributed by atoms with Crippen LogP contribution in [0, 0.1) is 0 Å². The summed E-state index contributed by atoms with van der Waals surface area (Å²) in [5.41, 5.74) is 5.25. The van der Waals surface area contributed by atoms with Crippen molar-refractivity contribution in [2.45, 2.75) is 26.2 Å². The van der Waals surface area contributed by atoms with Crippen LogP contribution in [0.1, 0.15) is 36.7 Å². The highest BCUT2D eigenvalue weighted by atomic mass is 32.1. The van der Waals surface area contributed by atoms with Crippen molar-refractivity contribution in [3.63, 3.8) is 0 Å². The first-order valence-electron chi connectivity index (χ1n) is 8.63. The maximum Gasteiger partial charge on any atom is 0.255 e. The number of amides is 1. The molecular weight excluding hydrogens is 358 g/mol. The molecule has 4 aromatic rings. The number of aromatic amines is 1. The van der Waals surface area contributed by atoms with Gasteiger partial charge in [0.15, 0.2) is 0 Å². The zero-order chi connectivity index (χ0) is 19.2. The van der Waals surface area contributed by atoms with Crippen molar-refractivity contribution in [3.8, 4) is 0 Å². The second-order valence-electron chi connectivity index (χ2n) is 7.55. The minimum Gasteiger partial charge on any atom is -0.322 e. The minimum absolute atomic E-state index is 0.147. The van der Waals surface area contributed by atoms with Crippen LogP contribution >= 0.6 is 11.3 Å². The quantitative estimate of drug-likeness (QED) is 0.532. The van der Waals surface area contributed by atoms with E-state index in [9.17, 15) is 9.59 Å². The van der Waals surface area contributed by atoms with Gasteiger partial charge >= 0.3 is 0 Å². The molecule has 0 aliphatic carbocycles. The van der Waals surface area contributed by atoms with Gasteiger partial charge in [-0.2, -0.15) is 0 Å². The molecule has 0 saturated heterocycles. The summed E-state index contributed by atoms with van der Waals surface area (Å²) in [6.45, 7) is 6.23. The van der Waals surface area contributed by atoms with Gasteiger partial charge in [0.2, 0.25) is 5.56 Å². The number of fused-ring (bicyclic) bond motifs is 2. The number of pyridine rings is 1. The molecule has 5 nitrogen and oxygen atoms in total. The summed E-state index contributed by atoms with van der Waals surface area (Å²) in [6.07, 6.45) is 0. The number of hydrogen-bond donors (Lipinski definition) is 2. The molecule has 0 saturated carbocycles. The van der Waals surface area contributed by atoms with Gasteiger partial charge in [-0.05, 0) is 41.3 Å². The molecule has 1 amide bonds. The zero-order valence-corrected chi connectivity index (χ0v) is 16.1. The van der Waals surface area contributed by atoms with Crippen LogP contribution in [0.5, 0.6) is 0 Å². The maximum absolute atomic E-state index is 12.6. The average molecular weight is 377 g/mol. The van der Waals surface area contributed by atoms with Crippen molar-refractivity contribution in [2.75, 3.05) is 5.32 Å². The zero-order valence-electron chi connectivity index (χ0n) is 15.3. The standard InChI is InChI=1S/C21H19N3O2S/c1-21(2,3)15-10-19(25)24-17-9-13(5-6-14(15)17)23-20(26)12-4-7-16-18(8-12)27-11-22-16/h4-11H,1-3H3,(H,23,26)(H,24,25). The van der Waals surface area contributed by atoms with E-state index in [4.69, 9.17) is 0 Å². The number of hydrogen-bond acceptors (Lipinski definition) is 4. The van der Waals surface area contributed by atoms with Gasteiger partial charge < -0.3 is 10.3 Å². The molecule has 0 bridgehead atoms. The molecule has 0 aliphatic rings. The monoisotopic (exact) mass is 377 g/mol. The van der Waals surface area contributed by atoms with Gasteiger partial charge in [-0.15, -0.1) is 11.3 Å². The number of nitrogens with zero attached hydrogens (tertiary/aromatic N) is 1. The van der Waals surface area contributed by atoms with Crippen molar-refractivity contribution < 1.29 is 4.79 Å². The minimum atomic E-state index is -0.195. The Morgan fingerprint density at radius 2 is 1.93 bits per heavy atom. The Labute approximate surface area is 160 Å². The summed E-state index contributed by atoms with van der Waals surface area (Å²) in [6, 6.07) is 12.7. The van der Waals surface area contributed by atoms with E-state index in [-0.39, 0.29) is 16.9 Å². The largest absolute Gasteiger partial charge is 0.322 e. The lowest BCUT2D eigenvalue weighted by atomic mass is 9.85. The number of nitrogens with one attached hydrogen (secondary N) is 2. The molecule has 0 spiro atoms. The summed E-state index contributed by atoms with van der Waals surface area (Å²) in [5.74, 6) is -0.195. The van der Waals surface area contributed by atoms with Gasteiger partial charge in [-0.25, -0.2) is 4.98 Å². The van der Waals surface area contributed by atoms with Crippen LogP contribution in [-0.4, -0.2) is 15.9 Å². The number of aromatic nitrogens is 2. The van der Waals surface area contributed by atoms with Crippen LogP contribution in [0.2, 0.25) is 0 Å². The lowest BCUT2D eigenvalue weighted by Gasteiger charge is -2.21. The van der Waals surface area contributed by atoms with Crippen molar-refractivity contribution >= 4 is 44.1 Å². The lowest BCUT2D eigenvalue weighted by Crippen LogP contribution is -2.17. The van der Waals surface area contributed by atoms with Gasteiger partial charge in [-0.1, -0.05) is 26.8 Å². The van der Waals surface area contributed by atoms with Crippen LogP contribution in [0.4, 0.5) is 5.69 Å². The number of anilines is 1. The summed E-state index contributed by atoms with van der Waals surface area (Å²) in [7, 11) is 0. The molecule has 2 N–H and O–H groups in total. The number of rotatable bonds is 2. The fourth-order valence-electron chi connectivity index (χ4n) is 3.16. The van der Waals surface area contributed by atoms with Crippen LogP contribution in [-0.2, 0) is 5.41 Å². The molecule has 4 rings (SSSR count). The first kappa shape index (κ1) is 17.4. The van der Waals surface area contributed by atoms with E-state index in [1.54, 1.807) is 23.7 Å². The summed E-state index contributed by atoms with van der Waals surface area (Å²) in [4.78, 5) is 31.8. The molecule has 2 heterocycles. The third kappa shape index (κ3) is 3.36. The Bertz CT molecular complexity index is 1230. The topological polar surface area (TPSA) is 74.8 Å². The van der Waals surface area contributed by atoms with Crippen LogP contribution in [0.3, 0.4) is 0 Å². The Hall–Kier alpha value is -2.99. The van der Waals surface area contributed by atoms with Gasteiger partial charge in [0.25, 0.3) is 5.91 Å². The van der Waals surface area contributed by atoms with Crippen LogP contribution in [0.15, 0.2) is 52.8 Å². The number of H-pyrrole nitrogens is 1. The Morgan fingerprint density at radius 1 is 1.11 bits per heavy atom. The van der Waals surface area contributed by atoms with E-state index in [0.717, 1.165) is 21.2 Å². The molecule has 2 aromatic heterocycles. The molecule has 136 valence electrons. The second-order valence-corrected chi connectivity index (χ2v) is 8.43. The first-order chi connectivity index (χ1) is 12.8. The Kier molecular flexibility index (Phi) is 4.08. The van der Waals surface area contributed by atoms with Gasteiger partial charge in [0, 0.05) is 22.7 Å². The number of benzene rings is 2. The number of carbonyl (C=O) groups is 1. The molecular formula is C21H19N3O2S. The number of carbonyl (C=O) groups excluding carboxylic acids is 1. The van der Waals surface area contributed by atoms with E-state index in [0.29, 0.717) is 16.8 Å². The highest BCUT2D eigenvalue weighted by Crippen LogP contribution is 2.29. The predicted molar refractivity (Wildman–Crippen MR) is 111 cm³/mol. The normalized spacial score (nSPS) is 11.8. The van der Waals surface area contributed by atoms with E-state index in [2.05, 4.69) is 36.1 Å². The van der Waals surface area contributed by atoms with Gasteiger partial charge in [-0.3, -0.25) is 9.59 Å². The fraction of sp³-hybridized carbons (Fsp3) is 0.190. The lowest BCUT2D eigenvalue weighted by molar-refractivity contribution is 0.102. The highest BCUT2D eigenvalue weighted by Gasteiger charge is 2.18. The highest BCUT2D eigenvalue weighted by molar-refractivity contribution is 7.16. The molecule has 0 fully saturated rings. The first-order valence-corrected chi connectivity index (χ1v) is 9.51. The summed E-state index contributed by atoms with van der Waals surface area (Å²) in [5, 5.41) is 3.89. The fourth-order valence-corrected chi connectivity index (χ4v) is 3.87. The summed E-state index contributed by atoms with van der Waals surface area (Å²) < 4.78 is 0.973. The van der Waals surface area contributed by atoms with Crippen molar-refractivity contribution in [3.05, 3.63) is 69.5 Å². The van der Waals surface area contributed by atoms with Gasteiger partial charge in [0.05, 0.1) is 21.2 Å². The number of thiazole rings is 1. The maximum atomic E-state index is 12.6. The van der Waals surface area contributed by atoms with E-state index in [1.165, 1.54) is 11.3 Å². The van der Waals surface area contributed by atoms with Crippen LogP contribution < -0.4 is 10.9 Å². The van der Waals surface area contributed by atoms with Gasteiger partial charge in [0.1, 0.15) is 0 Å². The van der Waals surface area contributed by atoms with Crippen LogP contribution in [0.25, 0.3) is 21.1 Å². The third-order valence-electron chi connectivity index (χ3n) is 4.50.